The lowest BCUT2D eigenvalue weighted by Crippen LogP contribution is -2.12. The van der Waals surface area contributed by atoms with E-state index >= 15 is 0 Å². The Kier molecular flexibility index (Phi) is 6.86. The first-order valence-electron chi connectivity index (χ1n) is 7.24. The van der Waals surface area contributed by atoms with E-state index in [0.29, 0.717) is 0 Å². The number of ether oxygens (including phenoxy) is 1. The van der Waals surface area contributed by atoms with E-state index in [4.69, 9.17) is 9.84 Å². The second kappa shape index (κ2) is 8.39. The number of hydrogen-bond donors (Lipinski definition) is 1. The van der Waals surface area contributed by atoms with Crippen LogP contribution in [0.3, 0.4) is 0 Å². The minimum absolute atomic E-state index is 0.0654. The van der Waals surface area contributed by atoms with E-state index in [1.165, 1.54) is 0 Å². The largest absolute Gasteiger partial charge is 0.478 e. The summed E-state index contributed by atoms with van der Waals surface area (Å²) in [5.41, 5.74) is 3.15. The number of benzene rings is 1. The molecule has 1 aromatic carbocycles. The number of carboxylic acids is 1. The van der Waals surface area contributed by atoms with Gasteiger partial charge in [0.2, 0.25) is 0 Å². The summed E-state index contributed by atoms with van der Waals surface area (Å²) in [6.45, 7) is 3.95. The molecule has 0 saturated carbocycles. The summed E-state index contributed by atoms with van der Waals surface area (Å²) in [6.07, 6.45) is 4.70. The predicted octanol–water partition coefficient (Wildman–Crippen LogP) is 3.66. The van der Waals surface area contributed by atoms with E-state index in [0.717, 1.165) is 22.9 Å². The number of aliphatic carboxylic acids is 1. The third-order valence-electron chi connectivity index (χ3n) is 3.48. The van der Waals surface area contributed by atoms with Gasteiger partial charge in [0.1, 0.15) is 0 Å². The van der Waals surface area contributed by atoms with Crippen LogP contribution in [0.2, 0.25) is 0 Å². The zero-order valence-electron chi connectivity index (χ0n) is 13.9. The van der Waals surface area contributed by atoms with Crippen molar-refractivity contribution in [3.8, 4) is 0 Å². The molecule has 2 unspecified atom stereocenters. The van der Waals surface area contributed by atoms with Crippen LogP contribution < -0.4 is 4.90 Å². The van der Waals surface area contributed by atoms with E-state index in [9.17, 15) is 4.79 Å². The van der Waals surface area contributed by atoms with Crippen molar-refractivity contribution in [3.63, 3.8) is 0 Å². The molecule has 1 N–H and O–H groups in total. The lowest BCUT2D eigenvalue weighted by atomic mass is 9.95. The molecule has 4 nitrogen and oxygen atoms in total. The number of anilines is 1. The number of allylic oxidation sites excluding steroid dienone is 2. The summed E-state index contributed by atoms with van der Waals surface area (Å²) in [7, 11) is 5.70. The maximum absolute atomic E-state index is 10.5. The highest BCUT2D eigenvalue weighted by Gasteiger charge is 2.17. The van der Waals surface area contributed by atoms with Gasteiger partial charge in [0.05, 0.1) is 6.10 Å². The van der Waals surface area contributed by atoms with Crippen molar-refractivity contribution in [2.75, 3.05) is 26.1 Å². The van der Waals surface area contributed by atoms with Crippen LogP contribution in [0.5, 0.6) is 0 Å². The van der Waals surface area contributed by atoms with Crippen LogP contribution in [0.25, 0.3) is 0 Å². The second-order valence-electron chi connectivity index (χ2n) is 5.58. The molecule has 0 bridgehead atoms. The topological polar surface area (TPSA) is 49.8 Å². The van der Waals surface area contributed by atoms with Crippen LogP contribution in [0.15, 0.2) is 48.1 Å². The van der Waals surface area contributed by atoms with E-state index in [2.05, 4.69) is 36.1 Å². The van der Waals surface area contributed by atoms with Crippen molar-refractivity contribution in [2.45, 2.75) is 20.0 Å². The molecule has 0 spiro atoms. The first kappa shape index (κ1) is 18.0. The number of carboxylic acid groups (broad SMARTS) is 1. The monoisotopic (exact) mass is 303 g/mol. The maximum atomic E-state index is 10.5. The number of hydrogen-bond acceptors (Lipinski definition) is 3. The van der Waals surface area contributed by atoms with Crippen molar-refractivity contribution < 1.29 is 14.6 Å². The SMILES string of the molecule is COC(c1ccc(N(C)C)cc1)C(C)C=C(C)C=CC(=O)O. The maximum Gasteiger partial charge on any atom is 0.328 e. The standard InChI is InChI=1S/C18H25NO3/c1-13(6-11-17(20)21)12-14(2)18(22-5)15-7-9-16(10-8-15)19(3)4/h6-12,14,18H,1-5H3,(H,20,21). The van der Waals surface area contributed by atoms with Crippen LogP contribution in [0.1, 0.15) is 25.5 Å². The molecule has 4 heteroatoms. The van der Waals surface area contributed by atoms with Crippen LogP contribution in [-0.2, 0) is 9.53 Å². The number of rotatable bonds is 7. The Hall–Kier alpha value is -2.07. The summed E-state index contributed by atoms with van der Waals surface area (Å²) in [4.78, 5) is 12.6. The van der Waals surface area contributed by atoms with Gasteiger partial charge in [0.15, 0.2) is 0 Å². The molecule has 0 aliphatic rings. The summed E-state index contributed by atoms with van der Waals surface area (Å²) in [5.74, 6) is -0.809. The lowest BCUT2D eigenvalue weighted by Gasteiger charge is -2.22. The van der Waals surface area contributed by atoms with Gasteiger partial charge in [-0.1, -0.05) is 36.8 Å². The van der Waals surface area contributed by atoms with Crippen LogP contribution in [0.4, 0.5) is 5.69 Å². The number of nitrogens with zero attached hydrogens (tertiary/aromatic N) is 1. The molecule has 0 saturated heterocycles. The molecule has 0 aliphatic heterocycles. The molecule has 0 fully saturated rings. The fraction of sp³-hybridized carbons (Fsp3) is 0.389. The van der Waals surface area contributed by atoms with Gasteiger partial charge in [-0.2, -0.15) is 0 Å². The number of carbonyl (C=O) groups is 1. The summed E-state index contributed by atoms with van der Waals surface area (Å²) < 4.78 is 5.63. The highest BCUT2D eigenvalue weighted by Crippen LogP contribution is 2.28. The molecule has 0 aromatic heterocycles. The Labute approximate surface area is 132 Å². The molecule has 1 aromatic rings. The lowest BCUT2D eigenvalue weighted by molar-refractivity contribution is -0.131. The fourth-order valence-electron chi connectivity index (χ4n) is 2.38. The average molecular weight is 303 g/mol. The molecule has 0 heterocycles. The first-order chi connectivity index (χ1) is 10.3. The Bertz CT molecular complexity index is 544. The van der Waals surface area contributed by atoms with E-state index in [-0.39, 0.29) is 12.0 Å². The van der Waals surface area contributed by atoms with Crippen molar-refractivity contribution in [2.24, 2.45) is 5.92 Å². The van der Waals surface area contributed by atoms with Crippen LogP contribution in [-0.4, -0.2) is 32.3 Å². The Morgan fingerprint density at radius 3 is 2.27 bits per heavy atom. The molecule has 120 valence electrons. The first-order valence-corrected chi connectivity index (χ1v) is 7.24. The molecule has 1 rings (SSSR count). The van der Waals surface area contributed by atoms with Crippen molar-refractivity contribution >= 4 is 11.7 Å². The van der Waals surface area contributed by atoms with E-state index in [1.807, 2.05) is 27.1 Å². The molecule has 0 aliphatic carbocycles. The van der Waals surface area contributed by atoms with Gasteiger partial charge in [-0.3, -0.25) is 0 Å². The zero-order chi connectivity index (χ0) is 16.7. The third-order valence-corrected chi connectivity index (χ3v) is 3.48. The summed E-state index contributed by atoms with van der Waals surface area (Å²) in [6, 6.07) is 8.26. The van der Waals surface area contributed by atoms with Crippen LogP contribution in [0, 0.1) is 5.92 Å². The minimum atomic E-state index is -0.942. The van der Waals surface area contributed by atoms with Gasteiger partial charge in [-0.05, 0) is 24.6 Å². The van der Waals surface area contributed by atoms with Crippen molar-refractivity contribution in [1.82, 2.24) is 0 Å². The summed E-state index contributed by atoms with van der Waals surface area (Å²) in [5, 5.41) is 8.66. The Balaban J connectivity index is 2.90. The predicted molar refractivity (Wildman–Crippen MR) is 90.2 cm³/mol. The molecule has 0 radical (unpaired) electrons. The fourth-order valence-corrected chi connectivity index (χ4v) is 2.38. The Morgan fingerprint density at radius 1 is 1.23 bits per heavy atom. The molecule has 22 heavy (non-hydrogen) atoms. The highest BCUT2D eigenvalue weighted by molar-refractivity contribution is 5.80. The normalized spacial score (nSPS) is 14.9. The molecular weight excluding hydrogens is 278 g/mol. The second-order valence-corrected chi connectivity index (χ2v) is 5.58. The summed E-state index contributed by atoms with van der Waals surface area (Å²) >= 11 is 0. The van der Waals surface area contributed by atoms with E-state index < -0.39 is 5.97 Å². The third kappa shape index (κ3) is 5.37. The van der Waals surface area contributed by atoms with Crippen molar-refractivity contribution in [3.05, 3.63) is 53.6 Å². The smallest absolute Gasteiger partial charge is 0.328 e. The molecule has 0 amide bonds. The quantitative estimate of drug-likeness (QED) is 0.617. The van der Waals surface area contributed by atoms with Gasteiger partial charge in [-0.15, -0.1) is 0 Å². The molecular formula is C18H25NO3. The highest BCUT2D eigenvalue weighted by atomic mass is 16.5. The van der Waals surface area contributed by atoms with E-state index in [1.54, 1.807) is 13.2 Å². The number of methoxy groups -OCH3 is 1. The van der Waals surface area contributed by atoms with Gasteiger partial charge in [0.25, 0.3) is 0 Å². The van der Waals surface area contributed by atoms with Gasteiger partial charge < -0.3 is 14.7 Å². The molecule has 2 atom stereocenters. The van der Waals surface area contributed by atoms with Gasteiger partial charge in [-0.25, -0.2) is 4.79 Å². The van der Waals surface area contributed by atoms with Crippen LogP contribution >= 0.6 is 0 Å². The Morgan fingerprint density at radius 2 is 1.82 bits per heavy atom. The van der Waals surface area contributed by atoms with Gasteiger partial charge in [0, 0.05) is 38.9 Å². The zero-order valence-corrected chi connectivity index (χ0v) is 13.9. The minimum Gasteiger partial charge on any atom is -0.478 e. The van der Waals surface area contributed by atoms with Gasteiger partial charge >= 0.3 is 5.97 Å². The van der Waals surface area contributed by atoms with Crippen molar-refractivity contribution in [1.29, 1.82) is 0 Å². The average Bonchev–Trinajstić information content (AvgIpc) is 2.46.